The van der Waals surface area contributed by atoms with Crippen molar-refractivity contribution in [3.63, 3.8) is 0 Å². The van der Waals surface area contributed by atoms with Gasteiger partial charge in [0.1, 0.15) is 11.6 Å². The first kappa shape index (κ1) is 21.7. The van der Waals surface area contributed by atoms with Gasteiger partial charge in [-0.1, -0.05) is 23.8 Å². The molecule has 0 heterocycles. The van der Waals surface area contributed by atoms with Crippen molar-refractivity contribution in [3.05, 3.63) is 64.5 Å². The number of hydrogen-bond acceptors (Lipinski definition) is 3. The summed E-state index contributed by atoms with van der Waals surface area (Å²) in [5.41, 5.74) is 3.69. The number of aliphatic imine (C=N–C) groups is 1. The molecule has 0 aliphatic carbocycles. The van der Waals surface area contributed by atoms with Crippen LogP contribution in [0.1, 0.15) is 42.1 Å². The molecule has 0 aromatic heterocycles. The Balaban J connectivity index is 2.16. The number of halogens is 1. The van der Waals surface area contributed by atoms with Crippen LogP contribution >= 0.6 is 0 Å². The van der Waals surface area contributed by atoms with Crippen LogP contribution < -0.4 is 15.4 Å². The Kier molecular flexibility index (Phi) is 8.26. The van der Waals surface area contributed by atoms with E-state index in [1.807, 2.05) is 19.1 Å². The quantitative estimate of drug-likeness (QED) is 0.529. The van der Waals surface area contributed by atoms with E-state index in [-0.39, 0.29) is 18.5 Å². The van der Waals surface area contributed by atoms with Crippen molar-refractivity contribution in [2.75, 3.05) is 20.8 Å². The predicted molar refractivity (Wildman–Crippen MR) is 111 cm³/mol. The lowest BCUT2D eigenvalue weighted by molar-refractivity contribution is 0.181. The highest BCUT2D eigenvalue weighted by molar-refractivity contribution is 5.80. The fourth-order valence-corrected chi connectivity index (χ4v) is 2.96. The van der Waals surface area contributed by atoms with Gasteiger partial charge in [0.05, 0.1) is 26.3 Å². The SMILES string of the molecule is CCNC(=NCc1ccc(F)c(COC)c1)NC(C)c1cc(C)ccc1OC. The lowest BCUT2D eigenvalue weighted by Gasteiger charge is -2.20. The van der Waals surface area contributed by atoms with Crippen LogP contribution in [0.3, 0.4) is 0 Å². The van der Waals surface area contributed by atoms with Gasteiger partial charge in [-0.15, -0.1) is 0 Å². The van der Waals surface area contributed by atoms with Crippen molar-refractivity contribution in [3.8, 4) is 5.75 Å². The summed E-state index contributed by atoms with van der Waals surface area (Å²) in [6.07, 6.45) is 0. The molecule has 0 fully saturated rings. The van der Waals surface area contributed by atoms with Crippen LogP contribution in [-0.4, -0.2) is 26.7 Å². The van der Waals surface area contributed by atoms with Crippen LogP contribution in [0.25, 0.3) is 0 Å². The molecule has 2 rings (SSSR count). The average Bonchev–Trinajstić information content (AvgIpc) is 2.68. The minimum Gasteiger partial charge on any atom is -0.496 e. The molecule has 28 heavy (non-hydrogen) atoms. The third-order valence-electron chi connectivity index (χ3n) is 4.38. The second kappa shape index (κ2) is 10.7. The summed E-state index contributed by atoms with van der Waals surface area (Å²) in [6, 6.07) is 11.1. The third kappa shape index (κ3) is 5.96. The van der Waals surface area contributed by atoms with Crippen LogP contribution in [0.15, 0.2) is 41.4 Å². The number of aryl methyl sites for hydroxylation is 1. The molecule has 2 aromatic carbocycles. The number of benzene rings is 2. The molecule has 0 radical (unpaired) electrons. The van der Waals surface area contributed by atoms with E-state index in [1.54, 1.807) is 26.4 Å². The Morgan fingerprint density at radius 3 is 2.64 bits per heavy atom. The summed E-state index contributed by atoms with van der Waals surface area (Å²) in [7, 11) is 3.23. The van der Waals surface area contributed by atoms with E-state index in [2.05, 4.69) is 35.5 Å². The minimum absolute atomic E-state index is 0.00456. The number of hydrogen-bond donors (Lipinski definition) is 2. The van der Waals surface area contributed by atoms with Crippen molar-refractivity contribution < 1.29 is 13.9 Å². The number of nitrogens with one attached hydrogen (secondary N) is 2. The summed E-state index contributed by atoms with van der Waals surface area (Å²) in [5.74, 6) is 1.26. The van der Waals surface area contributed by atoms with E-state index in [9.17, 15) is 4.39 Å². The van der Waals surface area contributed by atoms with Crippen molar-refractivity contribution in [2.45, 2.75) is 40.0 Å². The van der Waals surface area contributed by atoms with Gasteiger partial charge in [-0.05, 0) is 44.5 Å². The van der Waals surface area contributed by atoms with E-state index in [1.165, 1.54) is 11.6 Å². The van der Waals surface area contributed by atoms with Crippen molar-refractivity contribution >= 4 is 5.96 Å². The number of ether oxygens (including phenoxy) is 2. The highest BCUT2D eigenvalue weighted by atomic mass is 19.1. The average molecular weight is 387 g/mol. The third-order valence-corrected chi connectivity index (χ3v) is 4.38. The van der Waals surface area contributed by atoms with E-state index < -0.39 is 0 Å². The van der Waals surface area contributed by atoms with E-state index in [4.69, 9.17) is 9.47 Å². The fourth-order valence-electron chi connectivity index (χ4n) is 2.96. The van der Waals surface area contributed by atoms with Crippen LogP contribution in [0.4, 0.5) is 4.39 Å². The van der Waals surface area contributed by atoms with Gasteiger partial charge in [0.25, 0.3) is 0 Å². The Labute approximate surface area is 167 Å². The monoisotopic (exact) mass is 387 g/mol. The molecular weight excluding hydrogens is 357 g/mol. The lowest BCUT2D eigenvalue weighted by Crippen LogP contribution is -2.38. The predicted octanol–water partition coefficient (Wildman–Crippen LogP) is 4.11. The second-order valence-corrected chi connectivity index (χ2v) is 6.67. The molecule has 0 saturated heterocycles. The highest BCUT2D eigenvalue weighted by Gasteiger charge is 2.13. The maximum atomic E-state index is 13.8. The summed E-state index contributed by atoms with van der Waals surface area (Å²) in [4.78, 5) is 4.65. The lowest BCUT2D eigenvalue weighted by atomic mass is 10.0. The normalized spacial score (nSPS) is 12.6. The molecule has 2 N–H and O–H groups in total. The van der Waals surface area contributed by atoms with Gasteiger partial charge in [-0.2, -0.15) is 0 Å². The largest absolute Gasteiger partial charge is 0.496 e. The highest BCUT2D eigenvalue weighted by Crippen LogP contribution is 2.26. The van der Waals surface area contributed by atoms with Crippen molar-refractivity contribution in [2.24, 2.45) is 4.99 Å². The maximum absolute atomic E-state index is 13.8. The van der Waals surface area contributed by atoms with Gasteiger partial charge in [-0.25, -0.2) is 9.38 Å². The van der Waals surface area contributed by atoms with Gasteiger partial charge < -0.3 is 20.1 Å². The molecule has 0 saturated carbocycles. The fraction of sp³-hybridized carbons (Fsp3) is 0.409. The van der Waals surface area contributed by atoms with Gasteiger partial charge in [0.15, 0.2) is 5.96 Å². The molecule has 152 valence electrons. The molecule has 0 aliphatic rings. The molecule has 5 nitrogen and oxygen atoms in total. The standard InChI is InChI=1S/C22H30FN3O2/c1-6-24-22(25-13-17-8-9-20(23)18(12-17)14-27-4)26-16(3)19-11-15(2)7-10-21(19)28-5/h7-12,16H,6,13-14H2,1-5H3,(H2,24,25,26). The molecule has 0 aliphatic heterocycles. The Bertz CT molecular complexity index is 808. The van der Waals surface area contributed by atoms with Gasteiger partial charge in [-0.3, -0.25) is 0 Å². The van der Waals surface area contributed by atoms with E-state index in [0.717, 1.165) is 23.4 Å². The molecule has 1 atom stereocenters. The Morgan fingerprint density at radius 2 is 1.96 bits per heavy atom. The molecular formula is C22H30FN3O2. The molecule has 1 unspecified atom stereocenters. The molecule has 6 heteroatoms. The Hall–Kier alpha value is -2.60. The zero-order valence-corrected chi connectivity index (χ0v) is 17.3. The van der Waals surface area contributed by atoms with Crippen LogP contribution in [-0.2, 0) is 17.9 Å². The first-order valence-corrected chi connectivity index (χ1v) is 9.44. The first-order valence-electron chi connectivity index (χ1n) is 9.44. The zero-order valence-electron chi connectivity index (χ0n) is 17.3. The molecule has 2 aromatic rings. The van der Waals surface area contributed by atoms with Crippen molar-refractivity contribution in [1.82, 2.24) is 10.6 Å². The number of rotatable bonds is 8. The number of nitrogens with zero attached hydrogens (tertiary/aromatic N) is 1. The molecule has 0 bridgehead atoms. The number of methoxy groups -OCH3 is 2. The van der Waals surface area contributed by atoms with Gasteiger partial charge >= 0.3 is 0 Å². The molecule has 0 spiro atoms. The van der Waals surface area contributed by atoms with Crippen LogP contribution in [0.2, 0.25) is 0 Å². The van der Waals surface area contributed by atoms with Gasteiger partial charge in [0, 0.05) is 24.8 Å². The summed E-state index contributed by atoms with van der Waals surface area (Å²) in [6.45, 7) is 7.56. The minimum atomic E-state index is -0.264. The second-order valence-electron chi connectivity index (χ2n) is 6.67. The summed E-state index contributed by atoms with van der Waals surface area (Å²) < 4.78 is 24.3. The van der Waals surface area contributed by atoms with Gasteiger partial charge in [0.2, 0.25) is 0 Å². The van der Waals surface area contributed by atoms with Crippen LogP contribution in [0, 0.1) is 12.7 Å². The molecule has 0 amide bonds. The van der Waals surface area contributed by atoms with E-state index >= 15 is 0 Å². The smallest absolute Gasteiger partial charge is 0.192 e. The van der Waals surface area contributed by atoms with E-state index in [0.29, 0.717) is 18.1 Å². The summed E-state index contributed by atoms with van der Waals surface area (Å²) >= 11 is 0. The zero-order chi connectivity index (χ0) is 20.5. The Morgan fingerprint density at radius 1 is 1.18 bits per heavy atom. The first-order chi connectivity index (χ1) is 13.5. The maximum Gasteiger partial charge on any atom is 0.192 e. The topological polar surface area (TPSA) is 54.9 Å². The number of guanidine groups is 1. The summed E-state index contributed by atoms with van der Waals surface area (Å²) in [5, 5.41) is 6.67. The van der Waals surface area contributed by atoms with Crippen LogP contribution in [0.5, 0.6) is 5.75 Å². The van der Waals surface area contributed by atoms with Crippen molar-refractivity contribution in [1.29, 1.82) is 0 Å².